The van der Waals surface area contributed by atoms with Crippen molar-refractivity contribution in [3.63, 3.8) is 0 Å². The van der Waals surface area contributed by atoms with Crippen molar-refractivity contribution in [2.75, 3.05) is 26.0 Å². The maximum atomic E-state index is 11.0. The third-order valence-electron chi connectivity index (χ3n) is 2.28. The summed E-state index contributed by atoms with van der Waals surface area (Å²) in [4.78, 5) is 0. The van der Waals surface area contributed by atoms with Gasteiger partial charge in [-0.15, -0.1) is 0 Å². The molecule has 0 unspecified atom stereocenters. The zero-order valence-corrected chi connectivity index (χ0v) is 8.01. The fraction of sp³-hybridized carbons (Fsp3) is 1.00. The summed E-state index contributed by atoms with van der Waals surface area (Å²) in [6, 6.07) is 0. The van der Waals surface area contributed by atoms with Crippen molar-refractivity contribution in [2.24, 2.45) is 5.92 Å². The van der Waals surface area contributed by atoms with Crippen LogP contribution in [-0.2, 0) is 15.1 Å². The molecular formula is C7H14NO3S. The first-order valence-corrected chi connectivity index (χ1v) is 5.92. The van der Waals surface area contributed by atoms with Crippen LogP contribution in [0.5, 0.6) is 0 Å². The first kappa shape index (κ1) is 9.95. The number of piperidine rings is 1. The van der Waals surface area contributed by atoms with Gasteiger partial charge in [-0.05, 0) is 18.8 Å². The molecule has 0 bridgehead atoms. The van der Waals surface area contributed by atoms with E-state index in [1.54, 1.807) is 0 Å². The lowest BCUT2D eigenvalue weighted by Gasteiger charge is -2.28. The van der Waals surface area contributed by atoms with Gasteiger partial charge in [0.1, 0.15) is 0 Å². The fourth-order valence-corrected chi connectivity index (χ4v) is 2.28. The van der Waals surface area contributed by atoms with Gasteiger partial charge in [0, 0.05) is 13.1 Å². The Bertz CT molecular complexity index is 229. The zero-order chi connectivity index (χ0) is 9.19. The maximum absolute atomic E-state index is 11.0. The minimum atomic E-state index is -3.03. The van der Waals surface area contributed by atoms with E-state index >= 15 is 0 Å². The average molecular weight is 192 g/mol. The Balaban J connectivity index is 2.47. The van der Waals surface area contributed by atoms with Crippen molar-refractivity contribution in [1.82, 2.24) is 4.31 Å². The quantitative estimate of drug-likeness (QED) is 0.622. The van der Waals surface area contributed by atoms with Gasteiger partial charge in [-0.2, -0.15) is 0 Å². The van der Waals surface area contributed by atoms with Crippen LogP contribution >= 0.6 is 0 Å². The Morgan fingerprint density at radius 1 is 1.33 bits per heavy atom. The lowest BCUT2D eigenvalue weighted by Crippen LogP contribution is -2.38. The van der Waals surface area contributed by atoms with Gasteiger partial charge in [0.05, 0.1) is 12.9 Å². The van der Waals surface area contributed by atoms with E-state index in [9.17, 15) is 13.5 Å². The molecule has 1 heterocycles. The average Bonchev–Trinajstić information content (AvgIpc) is 2.03. The number of nitrogens with zero attached hydrogens (tertiary/aromatic N) is 1. The second-order valence-corrected chi connectivity index (χ2v) is 5.25. The third kappa shape index (κ3) is 2.43. The van der Waals surface area contributed by atoms with E-state index in [0.29, 0.717) is 13.1 Å². The molecule has 1 fully saturated rings. The topological polar surface area (TPSA) is 57.3 Å². The van der Waals surface area contributed by atoms with Crippen LogP contribution in [0, 0.1) is 5.92 Å². The van der Waals surface area contributed by atoms with Crippen LogP contribution in [0.25, 0.3) is 0 Å². The fourth-order valence-electron chi connectivity index (χ4n) is 1.41. The Morgan fingerprint density at radius 2 is 1.83 bits per heavy atom. The third-order valence-corrected chi connectivity index (χ3v) is 3.58. The van der Waals surface area contributed by atoms with Gasteiger partial charge >= 0.3 is 0 Å². The zero-order valence-electron chi connectivity index (χ0n) is 7.19. The smallest absolute Gasteiger partial charge is 0.211 e. The van der Waals surface area contributed by atoms with E-state index in [2.05, 4.69) is 0 Å². The summed E-state index contributed by atoms with van der Waals surface area (Å²) < 4.78 is 23.5. The largest absolute Gasteiger partial charge is 0.236 e. The van der Waals surface area contributed by atoms with Gasteiger partial charge in [0.25, 0.3) is 0 Å². The van der Waals surface area contributed by atoms with Crippen molar-refractivity contribution < 1.29 is 13.5 Å². The van der Waals surface area contributed by atoms with E-state index < -0.39 is 10.0 Å². The van der Waals surface area contributed by atoms with E-state index in [4.69, 9.17) is 0 Å². The molecule has 0 N–H and O–H groups in total. The highest BCUT2D eigenvalue weighted by Crippen LogP contribution is 2.18. The van der Waals surface area contributed by atoms with Crippen molar-refractivity contribution >= 4 is 10.0 Å². The molecule has 0 atom stereocenters. The molecule has 1 saturated heterocycles. The molecule has 0 aliphatic carbocycles. The van der Waals surface area contributed by atoms with E-state index in [-0.39, 0.29) is 12.5 Å². The molecule has 0 spiro atoms. The standard InChI is InChI=1S/C7H14NO3S/c1-12(10,11)8-4-2-7(6-9)3-5-8/h7H,2-6H2,1H3. The summed E-state index contributed by atoms with van der Waals surface area (Å²) in [5.41, 5.74) is 0. The normalized spacial score (nSPS) is 22.8. The lowest BCUT2D eigenvalue weighted by molar-refractivity contribution is 0.112. The first-order chi connectivity index (χ1) is 5.54. The highest BCUT2D eigenvalue weighted by Gasteiger charge is 2.24. The summed E-state index contributed by atoms with van der Waals surface area (Å²) >= 11 is 0. The maximum Gasteiger partial charge on any atom is 0.211 e. The van der Waals surface area contributed by atoms with Crippen molar-refractivity contribution in [3.8, 4) is 0 Å². The van der Waals surface area contributed by atoms with E-state index in [1.807, 2.05) is 0 Å². The Kier molecular flexibility index (Phi) is 3.09. The molecule has 5 heteroatoms. The van der Waals surface area contributed by atoms with Crippen LogP contribution in [0.2, 0.25) is 0 Å². The van der Waals surface area contributed by atoms with Gasteiger partial charge in [0.2, 0.25) is 10.0 Å². The molecule has 71 valence electrons. The summed E-state index contributed by atoms with van der Waals surface area (Å²) in [7, 11) is -3.03. The Hall–Kier alpha value is -0.130. The van der Waals surface area contributed by atoms with Crippen LogP contribution < -0.4 is 0 Å². The monoisotopic (exact) mass is 192 g/mol. The number of sulfonamides is 1. The molecule has 0 aromatic carbocycles. The Morgan fingerprint density at radius 3 is 2.17 bits per heavy atom. The van der Waals surface area contributed by atoms with Crippen LogP contribution in [0.15, 0.2) is 0 Å². The predicted octanol–water partition coefficient (Wildman–Crippen LogP) is 0.0885. The highest BCUT2D eigenvalue weighted by atomic mass is 32.2. The van der Waals surface area contributed by atoms with Crippen LogP contribution in [-0.4, -0.2) is 38.7 Å². The highest BCUT2D eigenvalue weighted by molar-refractivity contribution is 7.88. The van der Waals surface area contributed by atoms with Gasteiger partial charge in [-0.1, -0.05) is 0 Å². The SMILES string of the molecule is CS(=O)(=O)N1CCC(C[O])CC1. The van der Waals surface area contributed by atoms with Crippen LogP contribution in [0.3, 0.4) is 0 Å². The van der Waals surface area contributed by atoms with Gasteiger partial charge in [-0.3, -0.25) is 0 Å². The molecule has 0 amide bonds. The molecule has 1 radical (unpaired) electrons. The number of rotatable bonds is 2. The van der Waals surface area contributed by atoms with E-state index in [0.717, 1.165) is 12.8 Å². The predicted molar refractivity (Wildman–Crippen MR) is 44.7 cm³/mol. The second-order valence-electron chi connectivity index (χ2n) is 3.27. The molecule has 0 aromatic heterocycles. The summed E-state index contributed by atoms with van der Waals surface area (Å²) in [5.74, 6) is 0.183. The van der Waals surface area contributed by atoms with Gasteiger partial charge < -0.3 is 0 Å². The molecule has 0 aromatic rings. The van der Waals surface area contributed by atoms with Crippen molar-refractivity contribution in [1.29, 1.82) is 0 Å². The van der Waals surface area contributed by atoms with Crippen molar-refractivity contribution in [2.45, 2.75) is 12.8 Å². The molecule has 1 aliphatic heterocycles. The van der Waals surface area contributed by atoms with E-state index in [1.165, 1.54) is 10.6 Å². The van der Waals surface area contributed by atoms with Crippen LogP contribution in [0.1, 0.15) is 12.8 Å². The van der Waals surface area contributed by atoms with Gasteiger partial charge in [-0.25, -0.2) is 17.8 Å². The number of hydrogen-bond acceptors (Lipinski definition) is 2. The minimum absolute atomic E-state index is 0.0718. The molecule has 1 rings (SSSR count). The number of hydrogen-bond donors (Lipinski definition) is 0. The van der Waals surface area contributed by atoms with Crippen LogP contribution in [0.4, 0.5) is 0 Å². The molecular weight excluding hydrogens is 178 g/mol. The molecule has 0 saturated carbocycles. The minimum Gasteiger partial charge on any atom is -0.236 e. The molecule has 1 aliphatic rings. The summed E-state index contributed by atoms with van der Waals surface area (Å²) in [6.45, 7) is 0.967. The first-order valence-electron chi connectivity index (χ1n) is 4.07. The van der Waals surface area contributed by atoms with Gasteiger partial charge in [0.15, 0.2) is 0 Å². The molecule has 12 heavy (non-hydrogen) atoms. The lowest BCUT2D eigenvalue weighted by atomic mass is 10.00. The summed E-state index contributed by atoms with van der Waals surface area (Å²) in [5, 5.41) is 10.5. The van der Waals surface area contributed by atoms with Crippen molar-refractivity contribution in [3.05, 3.63) is 0 Å². The second kappa shape index (κ2) is 3.72. The summed E-state index contributed by atoms with van der Waals surface area (Å²) in [6.07, 6.45) is 2.65. The Labute approximate surface area is 73.2 Å². The molecule has 4 nitrogen and oxygen atoms in total.